The van der Waals surface area contributed by atoms with Crippen LogP contribution in [-0.4, -0.2) is 42.8 Å². The number of carbonyl (C=O) groups is 1. The summed E-state index contributed by atoms with van der Waals surface area (Å²) in [5.74, 6) is 1.13. The molecule has 2 aromatic carbocycles. The number of anilines is 3. The average Bonchev–Trinajstić information content (AvgIpc) is 3.57. The highest BCUT2D eigenvalue weighted by Crippen LogP contribution is 2.32. The molecule has 0 saturated heterocycles. The van der Waals surface area contributed by atoms with E-state index in [0.29, 0.717) is 34.3 Å². The zero-order chi connectivity index (χ0) is 26.8. The van der Waals surface area contributed by atoms with Crippen molar-refractivity contribution in [2.45, 2.75) is 19.0 Å². The summed E-state index contributed by atoms with van der Waals surface area (Å²) in [6.45, 7) is 1.76. The van der Waals surface area contributed by atoms with Crippen molar-refractivity contribution in [2.24, 2.45) is 0 Å². The number of hydrogen-bond donors (Lipinski definition) is 4. The van der Waals surface area contributed by atoms with Crippen LogP contribution in [-0.2, 0) is 0 Å². The van der Waals surface area contributed by atoms with E-state index in [1.807, 2.05) is 49.4 Å². The molecule has 0 bridgehead atoms. The van der Waals surface area contributed by atoms with E-state index < -0.39 is 6.04 Å². The van der Waals surface area contributed by atoms with Crippen LogP contribution < -0.4 is 16.0 Å². The van der Waals surface area contributed by atoms with Crippen molar-refractivity contribution in [1.82, 2.24) is 30.5 Å². The number of pyridine rings is 1. The molecular weight excluding hydrogens is 496 g/mol. The smallest absolute Gasteiger partial charge is 0.253 e. The second-order valence-corrected chi connectivity index (χ2v) is 9.02. The number of rotatable bonds is 8. The maximum Gasteiger partial charge on any atom is 0.253 e. The Labute approximate surface area is 223 Å². The summed E-state index contributed by atoms with van der Waals surface area (Å²) in [6.07, 6.45) is 4.88. The van der Waals surface area contributed by atoms with Crippen molar-refractivity contribution < 1.29 is 14.3 Å². The minimum Gasteiger partial charge on any atom is -0.416 e. The van der Waals surface area contributed by atoms with Crippen molar-refractivity contribution in [1.29, 1.82) is 0 Å². The van der Waals surface area contributed by atoms with Crippen molar-refractivity contribution >= 4 is 23.4 Å². The number of carbonyl (C=O) groups excluding carboxylic acids is 1. The molecule has 0 spiro atoms. The van der Waals surface area contributed by atoms with Crippen LogP contribution in [0.4, 0.5) is 17.5 Å². The van der Waals surface area contributed by atoms with Gasteiger partial charge in [0.05, 0.1) is 29.8 Å². The zero-order valence-electron chi connectivity index (χ0n) is 20.9. The first-order valence-electron chi connectivity index (χ1n) is 12.3. The Morgan fingerprint density at radius 2 is 1.87 bits per heavy atom. The van der Waals surface area contributed by atoms with Gasteiger partial charge in [0.2, 0.25) is 11.8 Å². The molecule has 3 aromatic heterocycles. The molecule has 1 amide bonds. The van der Waals surface area contributed by atoms with Gasteiger partial charge < -0.3 is 25.5 Å². The van der Waals surface area contributed by atoms with E-state index >= 15 is 0 Å². The highest BCUT2D eigenvalue weighted by molar-refractivity contribution is 5.99. The number of aliphatic hydroxyl groups is 1. The first-order valence-corrected chi connectivity index (χ1v) is 12.3. The summed E-state index contributed by atoms with van der Waals surface area (Å²) in [4.78, 5) is 25.4. The monoisotopic (exact) mass is 520 g/mol. The van der Waals surface area contributed by atoms with Gasteiger partial charge in [-0.05, 0) is 48.4 Å². The molecule has 11 nitrogen and oxygen atoms in total. The number of benzene rings is 2. The van der Waals surface area contributed by atoms with Crippen LogP contribution in [0.3, 0.4) is 0 Å². The van der Waals surface area contributed by atoms with Crippen LogP contribution in [0.1, 0.15) is 40.5 Å². The lowest BCUT2D eigenvalue weighted by molar-refractivity contribution is 0.0958. The fraction of sp³-hybridized carbons (Fsp3) is 0.143. The van der Waals surface area contributed by atoms with Crippen LogP contribution in [0.15, 0.2) is 83.7 Å². The van der Waals surface area contributed by atoms with Gasteiger partial charge in [0, 0.05) is 29.8 Å². The summed E-state index contributed by atoms with van der Waals surface area (Å²) >= 11 is 0. The minimum absolute atomic E-state index is 0.0857. The summed E-state index contributed by atoms with van der Waals surface area (Å²) in [5.41, 5.74) is 4.32. The third-order valence-corrected chi connectivity index (χ3v) is 6.41. The van der Waals surface area contributed by atoms with E-state index in [0.717, 1.165) is 16.8 Å². The van der Waals surface area contributed by atoms with Crippen molar-refractivity contribution in [3.8, 4) is 22.9 Å². The lowest BCUT2D eigenvalue weighted by Crippen LogP contribution is -2.17. The molecule has 11 heteroatoms. The first kappa shape index (κ1) is 24.2. The SMILES string of the molecule is CC1NC(=O)c2ccc(Nc3ncc(-c4nnc(-c5cccnc5)o4)c(N[C@H](CO)c4ccccc4)n3)cc21. The van der Waals surface area contributed by atoms with Gasteiger partial charge in [-0.3, -0.25) is 9.78 Å². The second kappa shape index (κ2) is 10.3. The molecule has 194 valence electrons. The number of hydrogen-bond acceptors (Lipinski definition) is 10. The number of aromatic nitrogens is 5. The van der Waals surface area contributed by atoms with Gasteiger partial charge in [0.15, 0.2) is 0 Å². The highest BCUT2D eigenvalue weighted by Gasteiger charge is 2.25. The quantitative estimate of drug-likeness (QED) is 0.233. The normalized spacial score (nSPS) is 14.9. The maximum absolute atomic E-state index is 12.1. The Morgan fingerprint density at radius 3 is 2.67 bits per heavy atom. The summed E-state index contributed by atoms with van der Waals surface area (Å²) in [5, 5.41) is 28.0. The molecule has 4 heterocycles. The van der Waals surface area contributed by atoms with Gasteiger partial charge in [-0.25, -0.2) is 4.98 Å². The lowest BCUT2D eigenvalue weighted by atomic mass is 10.1. The van der Waals surface area contributed by atoms with Gasteiger partial charge in [-0.1, -0.05) is 30.3 Å². The van der Waals surface area contributed by atoms with E-state index in [1.54, 1.807) is 36.8 Å². The van der Waals surface area contributed by atoms with E-state index in [4.69, 9.17) is 9.40 Å². The summed E-state index contributed by atoms with van der Waals surface area (Å²) in [6, 6.07) is 18.1. The standard InChI is InChI=1S/C28H24N8O3/c1-16-21-12-19(9-10-20(21)25(38)31-16)32-28-30-14-22(27-36-35-26(39-27)18-8-5-11-29-13-18)24(34-28)33-23(15-37)17-6-3-2-4-7-17/h2-14,16,23,37H,15H2,1H3,(H,31,38)(H2,30,32,33,34)/t16?,23-/m1/s1. The molecule has 2 atom stereocenters. The fourth-order valence-electron chi connectivity index (χ4n) is 4.42. The van der Waals surface area contributed by atoms with Crippen molar-refractivity contribution in [3.63, 3.8) is 0 Å². The molecule has 1 unspecified atom stereocenters. The summed E-state index contributed by atoms with van der Waals surface area (Å²) < 4.78 is 5.94. The van der Waals surface area contributed by atoms with Crippen molar-refractivity contribution in [2.75, 3.05) is 17.2 Å². The zero-order valence-corrected chi connectivity index (χ0v) is 20.9. The van der Waals surface area contributed by atoms with Gasteiger partial charge >= 0.3 is 0 Å². The third kappa shape index (κ3) is 4.90. The molecule has 1 aliphatic rings. The number of nitrogens with zero attached hydrogens (tertiary/aromatic N) is 5. The third-order valence-electron chi connectivity index (χ3n) is 6.41. The molecule has 6 rings (SSSR count). The van der Waals surface area contributed by atoms with Crippen LogP contribution in [0.5, 0.6) is 0 Å². The van der Waals surface area contributed by atoms with Crippen LogP contribution in [0, 0.1) is 0 Å². The average molecular weight is 521 g/mol. The molecular formula is C28H24N8O3. The molecule has 39 heavy (non-hydrogen) atoms. The molecule has 0 fully saturated rings. The van der Waals surface area contributed by atoms with E-state index in [-0.39, 0.29) is 24.4 Å². The highest BCUT2D eigenvalue weighted by atomic mass is 16.4. The van der Waals surface area contributed by atoms with Gasteiger partial charge in [-0.2, -0.15) is 4.98 Å². The van der Waals surface area contributed by atoms with Gasteiger partial charge in [0.1, 0.15) is 5.82 Å². The topological polar surface area (TPSA) is 151 Å². The van der Waals surface area contributed by atoms with Crippen LogP contribution in [0.25, 0.3) is 22.9 Å². The number of aliphatic hydroxyl groups excluding tert-OH is 1. The van der Waals surface area contributed by atoms with Crippen molar-refractivity contribution in [3.05, 3.63) is 95.9 Å². The van der Waals surface area contributed by atoms with E-state index in [1.165, 1.54) is 0 Å². The number of amides is 1. The Bertz CT molecular complexity index is 1620. The predicted octanol–water partition coefficient (Wildman–Crippen LogP) is 4.28. The Morgan fingerprint density at radius 1 is 1.03 bits per heavy atom. The molecule has 0 radical (unpaired) electrons. The Hall–Kier alpha value is -5.16. The van der Waals surface area contributed by atoms with Crippen LogP contribution in [0.2, 0.25) is 0 Å². The molecule has 0 aliphatic carbocycles. The Kier molecular flexibility index (Phi) is 6.39. The fourth-order valence-corrected chi connectivity index (χ4v) is 4.42. The molecule has 0 saturated carbocycles. The lowest BCUT2D eigenvalue weighted by Gasteiger charge is -2.19. The number of nitrogens with one attached hydrogen (secondary N) is 3. The largest absolute Gasteiger partial charge is 0.416 e. The molecule has 5 aromatic rings. The molecule has 4 N–H and O–H groups in total. The number of fused-ring (bicyclic) bond motifs is 1. The predicted molar refractivity (Wildman–Crippen MR) is 144 cm³/mol. The maximum atomic E-state index is 12.1. The van der Waals surface area contributed by atoms with Gasteiger partial charge in [-0.15, -0.1) is 10.2 Å². The first-order chi connectivity index (χ1) is 19.1. The van der Waals surface area contributed by atoms with E-state index in [2.05, 4.69) is 36.1 Å². The minimum atomic E-state index is -0.452. The second-order valence-electron chi connectivity index (χ2n) is 9.02. The Balaban J connectivity index is 1.36. The van der Waals surface area contributed by atoms with Gasteiger partial charge in [0.25, 0.3) is 11.8 Å². The summed E-state index contributed by atoms with van der Waals surface area (Å²) in [7, 11) is 0. The molecule has 1 aliphatic heterocycles. The van der Waals surface area contributed by atoms with E-state index in [9.17, 15) is 9.90 Å². The van der Waals surface area contributed by atoms with Crippen LogP contribution >= 0.6 is 0 Å².